The molecule has 0 saturated carbocycles. The molecule has 29 heavy (non-hydrogen) atoms. The van der Waals surface area contributed by atoms with E-state index < -0.39 is 0 Å². The van der Waals surface area contributed by atoms with Crippen molar-refractivity contribution in [3.63, 3.8) is 0 Å². The Morgan fingerprint density at radius 3 is 2.21 bits per heavy atom. The van der Waals surface area contributed by atoms with Crippen molar-refractivity contribution in [1.82, 2.24) is 9.97 Å². The quantitative estimate of drug-likeness (QED) is 0.666. The van der Waals surface area contributed by atoms with E-state index >= 15 is 0 Å². The average molecular weight is 387 g/mol. The predicted molar refractivity (Wildman–Crippen MR) is 117 cm³/mol. The Bertz CT molecular complexity index is 980. The van der Waals surface area contributed by atoms with Crippen molar-refractivity contribution < 1.29 is 4.79 Å². The molecule has 1 aromatic heterocycles. The Hall–Kier alpha value is -3.41. The first-order valence-electron chi connectivity index (χ1n) is 9.87. The minimum Gasteiger partial charge on any atom is -0.368 e. The summed E-state index contributed by atoms with van der Waals surface area (Å²) < 4.78 is 0. The van der Waals surface area contributed by atoms with Gasteiger partial charge in [0.15, 0.2) is 5.78 Å². The predicted octanol–water partition coefficient (Wildman–Crippen LogP) is 4.06. The molecule has 0 aliphatic carbocycles. The molecule has 2 heterocycles. The third-order valence-electron chi connectivity index (χ3n) is 5.09. The highest BCUT2D eigenvalue weighted by Crippen LogP contribution is 2.22. The highest BCUT2D eigenvalue weighted by Gasteiger charge is 2.20. The number of ketones is 1. The molecule has 148 valence electrons. The van der Waals surface area contributed by atoms with Crippen molar-refractivity contribution in [2.75, 3.05) is 41.3 Å². The van der Waals surface area contributed by atoms with Gasteiger partial charge in [0.25, 0.3) is 0 Å². The van der Waals surface area contributed by atoms with Crippen LogP contribution in [0.5, 0.6) is 0 Å². The number of hydrogen-bond acceptors (Lipinski definition) is 6. The van der Waals surface area contributed by atoms with Gasteiger partial charge in [-0.25, -0.2) is 4.98 Å². The number of hydrogen-bond donors (Lipinski definition) is 1. The Morgan fingerprint density at radius 1 is 0.897 bits per heavy atom. The SMILES string of the molecule is CC(=O)c1ccc(Nc2cc(C)nc(N3CCN(c4ccccc4)CC3)n2)cc1. The molecule has 0 bridgehead atoms. The van der Waals surface area contributed by atoms with Crippen LogP contribution in [0.2, 0.25) is 0 Å². The standard InChI is InChI=1S/C23H25N5O/c1-17-16-22(25-20-10-8-19(9-11-20)18(2)29)26-23(24-17)28-14-12-27(13-15-28)21-6-4-3-5-7-21/h3-11,16H,12-15H2,1-2H3,(H,24,25,26). The van der Waals surface area contributed by atoms with Gasteiger partial charge in [-0.05, 0) is 50.2 Å². The van der Waals surface area contributed by atoms with Crippen LogP contribution in [0.25, 0.3) is 0 Å². The smallest absolute Gasteiger partial charge is 0.227 e. The number of piperazine rings is 1. The topological polar surface area (TPSA) is 61.4 Å². The molecular formula is C23H25N5O. The van der Waals surface area contributed by atoms with E-state index in [0.29, 0.717) is 5.56 Å². The van der Waals surface area contributed by atoms with Crippen LogP contribution >= 0.6 is 0 Å². The van der Waals surface area contributed by atoms with E-state index in [4.69, 9.17) is 4.98 Å². The zero-order valence-electron chi connectivity index (χ0n) is 16.8. The number of para-hydroxylation sites is 1. The molecule has 0 radical (unpaired) electrons. The average Bonchev–Trinajstić information content (AvgIpc) is 2.74. The third kappa shape index (κ3) is 4.54. The molecule has 6 heteroatoms. The molecule has 1 saturated heterocycles. The van der Waals surface area contributed by atoms with Crippen LogP contribution in [0.15, 0.2) is 60.7 Å². The van der Waals surface area contributed by atoms with Gasteiger partial charge in [-0.2, -0.15) is 4.98 Å². The molecule has 4 rings (SSSR count). The normalized spacial score (nSPS) is 14.0. The second-order valence-electron chi connectivity index (χ2n) is 7.26. The Morgan fingerprint density at radius 2 is 1.55 bits per heavy atom. The van der Waals surface area contributed by atoms with E-state index in [2.05, 4.69) is 44.4 Å². The van der Waals surface area contributed by atoms with Crippen molar-refractivity contribution in [1.29, 1.82) is 0 Å². The van der Waals surface area contributed by atoms with Gasteiger partial charge in [0.05, 0.1) is 0 Å². The highest BCUT2D eigenvalue weighted by atomic mass is 16.1. The van der Waals surface area contributed by atoms with Gasteiger partial charge < -0.3 is 15.1 Å². The minimum absolute atomic E-state index is 0.0614. The Kier molecular flexibility index (Phi) is 5.42. The fourth-order valence-electron chi connectivity index (χ4n) is 3.50. The molecule has 0 atom stereocenters. The van der Waals surface area contributed by atoms with Crippen LogP contribution in [-0.2, 0) is 0 Å². The summed E-state index contributed by atoms with van der Waals surface area (Å²) in [5.74, 6) is 1.57. The van der Waals surface area contributed by atoms with Crippen LogP contribution in [0.1, 0.15) is 23.0 Å². The number of carbonyl (C=O) groups is 1. The first kappa shape index (κ1) is 18.9. The third-order valence-corrected chi connectivity index (χ3v) is 5.09. The van der Waals surface area contributed by atoms with E-state index in [9.17, 15) is 4.79 Å². The van der Waals surface area contributed by atoms with Crippen molar-refractivity contribution in [2.45, 2.75) is 13.8 Å². The van der Waals surface area contributed by atoms with E-state index in [1.54, 1.807) is 6.92 Å². The van der Waals surface area contributed by atoms with Crippen molar-refractivity contribution in [3.05, 3.63) is 71.9 Å². The maximum absolute atomic E-state index is 11.4. The van der Waals surface area contributed by atoms with Gasteiger partial charge in [-0.1, -0.05) is 18.2 Å². The number of anilines is 4. The lowest BCUT2D eigenvalue weighted by molar-refractivity contribution is 0.101. The fourth-order valence-corrected chi connectivity index (χ4v) is 3.50. The summed E-state index contributed by atoms with van der Waals surface area (Å²) in [7, 11) is 0. The van der Waals surface area contributed by atoms with Gasteiger partial charge >= 0.3 is 0 Å². The lowest BCUT2D eigenvalue weighted by Gasteiger charge is -2.36. The zero-order valence-corrected chi connectivity index (χ0v) is 16.8. The monoisotopic (exact) mass is 387 g/mol. The molecule has 1 aliphatic heterocycles. The van der Waals surface area contributed by atoms with Crippen LogP contribution in [-0.4, -0.2) is 41.9 Å². The molecule has 1 fully saturated rings. The maximum Gasteiger partial charge on any atom is 0.227 e. The first-order valence-corrected chi connectivity index (χ1v) is 9.87. The molecule has 3 aromatic rings. The van der Waals surface area contributed by atoms with Crippen molar-refractivity contribution >= 4 is 28.9 Å². The summed E-state index contributed by atoms with van der Waals surface area (Å²) in [5.41, 5.74) is 3.77. The number of aromatic nitrogens is 2. The van der Waals surface area contributed by atoms with E-state index in [1.807, 2.05) is 43.3 Å². The second kappa shape index (κ2) is 8.31. The van der Waals surface area contributed by atoms with E-state index in [-0.39, 0.29) is 5.78 Å². The van der Waals surface area contributed by atoms with Crippen molar-refractivity contribution in [2.24, 2.45) is 0 Å². The molecule has 1 N–H and O–H groups in total. The lowest BCUT2D eigenvalue weighted by atomic mass is 10.1. The van der Waals surface area contributed by atoms with Crippen LogP contribution in [0.4, 0.5) is 23.1 Å². The second-order valence-corrected chi connectivity index (χ2v) is 7.26. The Balaban J connectivity index is 1.45. The number of carbonyl (C=O) groups excluding carboxylic acids is 1. The summed E-state index contributed by atoms with van der Waals surface area (Å²) in [6.07, 6.45) is 0. The summed E-state index contributed by atoms with van der Waals surface area (Å²) in [4.78, 5) is 25.4. The fraction of sp³-hybridized carbons (Fsp3) is 0.261. The number of Topliss-reactive ketones (excluding diaryl/α,β-unsaturated/α-hetero) is 1. The van der Waals surface area contributed by atoms with Gasteiger partial charge in [0, 0.05) is 54.9 Å². The van der Waals surface area contributed by atoms with Crippen LogP contribution < -0.4 is 15.1 Å². The number of nitrogens with zero attached hydrogens (tertiary/aromatic N) is 4. The van der Waals surface area contributed by atoms with Crippen LogP contribution in [0.3, 0.4) is 0 Å². The number of rotatable bonds is 5. The molecular weight excluding hydrogens is 362 g/mol. The van der Waals surface area contributed by atoms with E-state index in [1.165, 1.54) is 5.69 Å². The van der Waals surface area contributed by atoms with Gasteiger partial charge in [-0.15, -0.1) is 0 Å². The summed E-state index contributed by atoms with van der Waals surface area (Å²) in [5, 5.41) is 3.33. The Labute approximate surface area is 171 Å². The molecule has 1 aliphatic rings. The molecule has 0 spiro atoms. The zero-order chi connectivity index (χ0) is 20.2. The van der Waals surface area contributed by atoms with Gasteiger partial charge in [0.2, 0.25) is 5.95 Å². The van der Waals surface area contributed by atoms with Crippen molar-refractivity contribution in [3.8, 4) is 0 Å². The summed E-state index contributed by atoms with van der Waals surface area (Å²) in [6, 6.07) is 19.9. The molecule has 0 unspecified atom stereocenters. The van der Waals surface area contributed by atoms with Gasteiger partial charge in [0.1, 0.15) is 5.82 Å². The van der Waals surface area contributed by atoms with Crippen LogP contribution in [0, 0.1) is 6.92 Å². The van der Waals surface area contributed by atoms with Gasteiger partial charge in [-0.3, -0.25) is 4.79 Å². The molecule has 6 nitrogen and oxygen atoms in total. The molecule has 2 aromatic carbocycles. The largest absolute Gasteiger partial charge is 0.368 e. The number of nitrogens with one attached hydrogen (secondary N) is 1. The maximum atomic E-state index is 11.4. The molecule has 0 amide bonds. The highest BCUT2D eigenvalue weighted by molar-refractivity contribution is 5.94. The summed E-state index contributed by atoms with van der Waals surface area (Å²) in [6.45, 7) is 7.19. The van der Waals surface area contributed by atoms with E-state index in [0.717, 1.165) is 49.3 Å². The lowest BCUT2D eigenvalue weighted by Crippen LogP contribution is -2.47. The first-order chi connectivity index (χ1) is 14.1. The minimum atomic E-state index is 0.0614. The number of aryl methyl sites for hydroxylation is 1. The summed E-state index contributed by atoms with van der Waals surface area (Å²) >= 11 is 0. The number of benzene rings is 2.